The van der Waals surface area contributed by atoms with E-state index in [0.29, 0.717) is 11.9 Å². The molecule has 0 atom stereocenters. The Hall–Kier alpha value is -2.08. The van der Waals surface area contributed by atoms with Crippen molar-refractivity contribution in [3.63, 3.8) is 0 Å². The highest BCUT2D eigenvalue weighted by molar-refractivity contribution is 6.28. The van der Waals surface area contributed by atoms with Gasteiger partial charge < -0.3 is 9.88 Å². The molecule has 0 radical (unpaired) electrons. The van der Waals surface area contributed by atoms with Crippen LogP contribution in [0, 0.1) is 0 Å². The van der Waals surface area contributed by atoms with Gasteiger partial charge in [0.2, 0.25) is 5.28 Å². The predicted molar refractivity (Wildman–Crippen MR) is 87.7 cm³/mol. The maximum Gasteiger partial charge on any atom is 0.243 e. The maximum atomic E-state index is 5.93. The molecule has 1 saturated carbocycles. The number of rotatable bonds is 3. The Balaban J connectivity index is 0.000000693. The number of hydrogen-bond donors (Lipinski definition) is 1. The first kappa shape index (κ1) is 14.8. The molecule has 116 valence electrons. The Morgan fingerprint density at radius 1 is 1.32 bits per heavy atom. The van der Waals surface area contributed by atoms with E-state index in [1.54, 1.807) is 4.52 Å². The molecule has 0 unspecified atom stereocenters. The van der Waals surface area contributed by atoms with Crippen molar-refractivity contribution in [3.8, 4) is 0 Å². The third kappa shape index (κ3) is 2.78. The van der Waals surface area contributed by atoms with Gasteiger partial charge >= 0.3 is 0 Å². The molecule has 3 aromatic heterocycles. The van der Waals surface area contributed by atoms with Gasteiger partial charge in [0.05, 0.1) is 6.33 Å². The Morgan fingerprint density at radius 2 is 2.14 bits per heavy atom. The number of nitrogens with zero attached hydrogens (tertiary/aromatic N) is 5. The lowest BCUT2D eigenvalue weighted by Gasteiger charge is -2.26. The van der Waals surface area contributed by atoms with Crippen LogP contribution in [0.2, 0.25) is 5.28 Å². The van der Waals surface area contributed by atoms with E-state index in [4.69, 9.17) is 11.6 Å². The van der Waals surface area contributed by atoms with Crippen LogP contribution in [-0.2, 0) is 0 Å². The van der Waals surface area contributed by atoms with Crippen LogP contribution in [0.4, 0.5) is 11.6 Å². The van der Waals surface area contributed by atoms with E-state index in [1.165, 1.54) is 19.3 Å². The van der Waals surface area contributed by atoms with Gasteiger partial charge in [-0.2, -0.15) is 4.98 Å². The highest BCUT2D eigenvalue weighted by atomic mass is 35.5. The fraction of sp³-hybridized carbons (Fsp3) is 0.400. The molecule has 6 nitrogen and oxygen atoms in total. The molecule has 1 aliphatic rings. The molecular formula is C15H19ClN6. The van der Waals surface area contributed by atoms with Crippen molar-refractivity contribution < 1.29 is 0 Å². The summed E-state index contributed by atoms with van der Waals surface area (Å²) >= 11 is 5.93. The topological polar surface area (TPSA) is 60.0 Å². The van der Waals surface area contributed by atoms with Gasteiger partial charge in [-0.3, -0.25) is 0 Å². The molecule has 1 fully saturated rings. The highest BCUT2D eigenvalue weighted by Gasteiger charge is 2.19. The first-order chi connectivity index (χ1) is 10.8. The van der Waals surface area contributed by atoms with Gasteiger partial charge in [0.25, 0.3) is 0 Å². The third-order valence-corrected chi connectivity index (χ3v) is 3.87. The van der Waals surface area contributed by atoms with Crippen molar-refractivity contribution in [2.75, 3.05) is 5.32 Å². The smallest absolute Gasteiger partial charge is 0.243 e. The molecule has 4 rings (SSSR count). The van der Waals surface area contributed by atoms with Crippen LogP contribution < -0.4 is 5.32 Å². The summed E-state index contributed by atoms with van der Waals surface area (Å²) in [5.74, 6) is 1.43. The minimum Gasteiger partial charge on any atom is -0.332 e. The fourth-order valence-electron chi connectivity index (χ4n) is 2.41. The average molecular weight is 319 g/mol. The highest BCUT2D eigenvalue weighted by Crippen LogP contribution is 2.32. The van der Waals surface area contributed by atoms with E-state index in [9.17, 15) is 0 Å². The first-order valence-corrected chi connectivity index (χ1v) is 7.99. The SMILES string of the molecule is CC.Clc1nc(Nc2cn(C3CCC3)cn2)c2cccn2n1. The zero-order valence-electron chi connectivity index (χ0n) is 12.7. The van der Waals surface area contributed by atoms with E-state index < -0.39 is 0 Å². The second-order valence-electron chi connectivity index (χ2n) is 4.98. The summed E-state index contributed by atoms with van der Waals surface area (Å²) in [6.07, 6.45) is 9.48. The molecule has 1 aliphatic carbocycles. The molecule has 3 heterocycles. The summed E-state index contributed by atoms with van der Waals surface area (Å²) in [6.45, 7) is 4.00. The van der Waals surface area contributed by atoms with Gasteiger partial charge in [0.15, 0.2) is 5.82 Å². The van der Waals surface area contributed by atoms with Crippen LogP contribution in [0.25, 0.3) is 5.52 Å². The average Bonchev–Trinajstić information content (AvgIpc) is 3.08. The Morgan fingerprint density at radius 3 is 2.86 bits per heavy atom. The minimum absolute atomic E-state index is 0.203. The quantitative estimate of drug-likeness (QED) is 0.790. The van der Waals surface area contributed by atoms with Crippen LogP contribution in [0.1, 0.15) is 39.2 Å². The summed E-state index contributed by atoms with van der Waals surface area (Å²) in [5, 5.41) is 7.51. The largest absolute Gasteiger partial charge is 0.332 e. The number of aromatic nitrogens is 5. The number of hydrogen-bond acceptors (Lipinski definition) is 4. The summed E-state index contributed by atoms with van der Waals surface area (Å²) in [7, 11) is 0. The van der Waals surface area contributed by atoms with Gasteiger partial charge in [-0.25, -0.2) is 9.50 Å². The van der Waals surface area contributed by atoms with Crippen molar-refractivity contribution in [2.45, 2.75) is 39.2 Å². The van der Waals surface area contributed by atoms with Crippen molar-refractivity contribution in [2.24, 2.45) is 0 Å². The van der Waals surface area contributed by atoms with Crippen LogP contribution in [0.3, 0.4) is 0 Å². The van der Waals surface area contributed by atoms with Gasteiger partial charge in [-0.05, 0) is 43.0 Å². The molecule has 0 bridgehead atoms. The molecule has 1 N–H and O–H groups in total. The van der Waals surface area contributed by atoms with Crippen LogP contribution in [-0.4, -0.2) is 24.1 Å². The second-order valence-corrected chi connectivity index (χ2v) is 5.32. The first-order valence-electron chi connectivity index (χ1n) is 7.61. The van der Waals surface area contributed by atoms with Crippen molar-refractivity contribution in [3.05, 3.63) is 36.1 Å². The zero-order valence-corrected chi connectivity index (χ0v) is 13.5. The molecule has 0 spiro atoms. The maximum absolute atomic E-state index is 5.93. The Kier molecular flexibility index (Phi) is 4.29. The predicted octanol–water partition coefficient (Wildman–Crippen LogP) is 4.07. The molecule has 0 aromatic carbocycles. The molecule has 0 amide bonds. The van der Waals surface area contributed by atoms with Gasteiger partial charge in [0, 0.05) is 18.4 Å². The van der Waals surface area contributed by atoms with Gasteiger partial charge in [0.1, 0.15) is 11.3 Å². The Bertz CT molecular complexity index is 758. The molecule has 0 aliphatic heterocycles. The van der Waals surface area contributed by atoms with E-state index >= 15 is 0 Å². The van der Waals surface area contributed by atoms with Crippen molar-refractivity contribution in [1.82, 2.24) is 24.1 Å². The summed E-state index contributed by atoms with van der Waals surface area (Å²) < 4.78 is 3.85. The van der Waals surface area contributed by atoms with Crippen molar-refractivity contribution in [1.29, 1.82) is 0 Å². The van der Waals surface area contributed by atoms with E-state index in [-0.39, 0.29) is 5.28 Å². The standard InChI is InChI=1S/C13H13ClN6.C2H6/c14-13-17-12(10-5-2-6-20(10)18-13)16-11-7-19(8-15-11)9-3-1-4-9;1-2/h2,5-9H,1,3-4H2,(H,16,17,18);1-2H3. The zero-order chi connectivity index (χ0) is 15.5. The van der Waals surface area contributed by atoms with Crippen LogP contribution >= 0.6 is 11.6 Å². The number of fused-ring (bicyclic) bond motifs is 1. The summed E-state index contributed by atoms with van der Waals surface area (Å²) in [4.78, 5) is 8.60. The lowest BCUT2D eigenvalue weighted by molar-refractivity contribution is 0.313. The number of nitrogens with one attached hydrogen (secondary N) is 1. The second kappa shape index (κ2) is 6.36. The van der Waals surface area contributed by atoms with Crippen molar-refractivity contribution >= 4 is 28.8 Å². The normalized spacial score (nSPS) is 14.3. The van der Waals surface area contributed by atoms with E-state index in [2.05, 4.69) is 25.0 Å². The van der Waals surface area contributed by atoms with Gasteiger partial charge in [-0.15, -0.1) is 5.10 Å². The lowest BCUT2D eigenvalue weighted by atomic mass is 9.93. The molecule has 3 aromatic rings. The number of anilines is 2. The van der Waals surface area contributed by atoms with Crippen LogP contribution in [0.15, 0.2) is 30.9 Å². The summed E-state index contributed by atoms with van der Waals surface area (Å²) in [6, 6.07) is 4.43. The summed E-state index contributed by atoms with van der Waals surface area (Å²) in [5.41, 5.74) is 0.868. The minimum atomic E-state index is 0.203. The fourth-order valence-corrected chi connectivity index (χ4v) is 2.57. The molecule has 22 heavy (non-hydrogen) atoms. The third-order valence-electron chi connectivity index (χ3n) is 3.71. The molecule has 0 saturated heterocycles. The number of imidazole rings is 1. The van der Waals surface area contributed by atoms with Gasteiger partial charge in [-0.1, -0.05) is 13.8 Å². The van der Waals surface area contributed by atoms with E-state index in [1.807, 2.05) is 44.7 Å². The molecular weight excluding hydrogens is 300 g/mol. The molecule has 7 heteroatoms. The monoisotopic (exact) mass is 318 g/mol. The lowest BCUT2D eigenvalue weighted by Crippen LogP contribution is -2.15. The Labute approximate surface area is 134 Å². The number of halogens is 1. The van der Waals surface area contributed by atoms with E-state index in [0.717, 1.165) is 11.3 Å². The van der Waals surface area contributed by atoms with Crippen LogP contribution in [0.5, 0.6) is 0 Å².